The normalized spacial score (nSPS) is 10.8. The molecule has 10 heavy (non-hydrogen) atoms. The molecule has 0 aliphatic rings. The minimum absolute atomic E-state index is 0.173. The fourth-order valence-corrected chi connectivity index (χ4v) is 0.659. The number of nitrogens with zero attached hydrogens (tertiary/aromatic N) is 1. The van der Waals surface area contributed by atoms with Crippen LogP contribution in [-0.2, 0) is 0 Å². The van der Waals surface area contributed by atoms with Crippen LogP contribution >= 0.6 is 0 Å². The Hall–Kier alpha value is -0.160. The molecule has 0 fully saturated rings. The lowest BCUT2D eigenvalue weighted by molar-refractivity contribution is 0.204. The summed E-state index contributed by atoms with van der Waals surface area (Å²) < 4.78 is 0. The number of hydrazine groups is 1. The summed E-state index contributed by atoms with van der Waals surface area (Å²) in [6.07, 6.45) is 1.39. The first-order valence-electron chi connectivity index (χ1n) is 3.52. The highest BCUT2D eigenvalue weighted by atomic mass is 16.3. The average molecular weight is 148 g/mol. The summed E-state index contributed by atoms with van der Waals surface area (Å²) in [5.41, 5.74) is 0. The van der Waals surface area contributed by atoms with Gasteiger partial charge in [-0.25, -0.2) is 5.01 Å². The molecular formula is C6H16N2O2. The van der Waals surface area contributed by atoms with Crippen LogP contribution in [0, 0.1) is 0 Å². The number of nitrogens with two attached hydrogens (primary N) is 1. The summed E-state index contributed by atoms with van der Waals surface area (Å²) in [4.78, 5) is 0. The fourth-order valence-electron chi connectivity index (χ4n) is 0.659. The maximum Gasteiger partial charge on any atom is 0.0443 e. The minimum atomic E-state index is 0.173. The summed E-state index contributed by atoms with van der Waals surface area (Å²) in [5, 5.41) is 18.4. The van der Waals surface area contributed by atoms with Gasteiger partial charge in [0.15, 0.2) is 0 Å². The second-order valence-electron chi connectivity index (χ2n) is 2.19. The molecular weight excluding hydrogens is 132 g/mol. The van der Waals surface area contributed by atoms with Crippen molar-refractivity contribution in [2.24, 2.45) is 5.84 Å². The Morgan fingerprint density at radius 1 is 1.00 bits per heavy atom. The van der Waals surface area contributed by atoms with Crippen molar-refractivity contribution >= 4 is 0 Å². The van der Waals surface area contributed by atoms with Gasteiger partial charge in [-0.15, -0.1) is 0 Å². The first-order chi connectivity index (χ1) is 4.81. The van der Waals surface area contributed by atoms with E-state index in [4.69, 9.17) is 16.1 Å². The van der Waals surface area contributed by atoms with E-state index < -0.39 is 0 Å². The maximum absolute atomic E-state index is 8.41. The topological polar surface area (TPSA) is 69.7 Å². The third kappa shape index (κ3) is 5.97. The molecule has 0 spiro atoms. The van der Waals surface area contributed by atoms with Crippen molar-refractivity contribution in [3.05, 3.63) is 0 Å². The van der Waals surface area contributed by atoms with E-state index in [0.717, 1.165) is 0 Å². The highest BCUT2D eigenvalue weighted by molar-refractivity contribution is 4.47. The van der Waals surface area contributed by atoms with Gasteiger partial charge in [0.25, 0.3) is 0 Å². The molecule has 0 aromatic rings. The van der Waals surface area contributed by atoms with E-state index in [1.54, 1.807) is 5.01 Å². The van der Waals surface area contributed by atoms with Gasteiger partial charge in [-0.2, -0.15) is 0 Å². The van der Waals surface area contributed by atoms with E-state index in [9.17, 15) is 0 Å². The molecule has 4 nitrogen and oxygen atoms in total. The zero-order chi connectivity index (χ0) is 7.82. The second kappa shape index (κ2) is 6.95. The molecule has 0 bridgehead atoms. The highest BCUT2D eigenvalue weighted by Crippen LogP contribution is 1.85. The molecule has 4 N–H and O–H groups in total. The van der Waals surface area contributed by atoms with Crippen LogP contribution in [0.15, 0.2) is 0 Å². The van der Waals surface area contributed by atoms with Crippen molar-refractivity contribution in [1.82, 2.24) is 5.01 Å². The van der Waals surface area contributed by atoms with Crippen LogP contribution in [0.25, 0.3) is 0 Å². The molecule has 0 aromatic heterocycles. The van der Waals surface area contributed by atoms with Crippen molar-refractivity contribution in [3.63, 3.8) is 0 Å². The van der Waals surface area contributed by atoms with Crippen molar-refractivity contribution in [3.8, 4) is 0 Å². The first kappa shape index (κ1) is 9.84. The van der Waals surface area contributed by atoms with E-state index in [1.807, 2.05) is 0 Å². The number of aliphatic hydroxyl groups is 2. The monoisotopic (exact) mass is 148 g/mol. The van der Waals surface area contributed by atoms with Crippen molar-refractivity contribution < 1.29 is 10.2 Å². The number of aliphatic hydroxyl groups excluding tert-OH is 2. The van der Waals surface area contributed by atoms with Crippen molar-refractivity contribution in [2.45, 2.75) is 12.8 Å². The van der Waals surface area contributed by atoms with Crippen LogP contribution < -0.4 is 5.84 Å². The maximum atomic E-state index is 8.41. The zero-order valence-corrected chi connectivity index (χ0v) is 6.16. The van der Waals surface area contributed by atoms with E-state index in [0.29, 0.717) is 25.9 Å². The van der Waals surface area contributed by atoms with Gasteiger partial charge in [0.2, 0.25) is 0 Å². The summed E-state index contributed by atoms with van der Waals surface area (Å²) in [7, 11) is 0. The first-order valence-corrected chi connectivity index (χ1v) is 3.52. The predicted octanol–water partition coefficient (Wildman–Crippen LogP) is -1.07. The van der Waals surface area contributed by atoms with Crippen molar-refractivity contribution in [1.29, 1.82) is 0 Å². The van der Waals surface area contributed by atoms with Gasteiger partial charge in [-0.05, 0) is 12.8 Å². The summed E-state index contributed by atoms with van der Waals surface area (Å²) >= 11 is 0. The van der Waals surface area contributed by atoms with Crippen LogP contribution in [0.1, 0.15) is 12.8 Å². The van der Waals surface area contributed by atoms with Gasteiger partial charge in [0, 0.05) is 26.3 Å². The Morgan fingerprint density at radius 3 is 1.70 bits per heavy atom. The van der Waals surface area contributed by atoms with E-state index >= 15 is 0 Å². The molecule has 0 radical (unpaired) electrons. The standard InChI is InChI=1S/C6H16N2O2/c7-8(3-1-5-9)4-2-6-10/h9-10H,1-7H2. The second-order valence-corrected chi connectivity index (χ2v) is 2.19. The SMILES string of the molecule is NN(CCCO)CCCO. The molecule has 0 saturated heterocycles. The van der Waals surface area contributed by atoms with Gasteiger partial charge >= 0.3 is 0 Å². The Kier molecular flexibility index (Phi) is 6.84. The number of hydrogen-bond acceptors (Lipinski definition) is 4. The molecule has 0 aliphatic heterocycles. The minimum Gasteiger partial charge on any atom is -0.396 e. The van der Waals surface area contributed by atoms with E-state index in [-0.39, 0.29) is 13.2 Å². The lowest BCUT2D eigenvalue weighted by Gasteiger charge is -2.13. The van der Waals surface area contributed by atoms with E-state index in [1.165, 1.54) is 0 Å². The fraction of sp³-hybridized carbons (Fsp3) is 1.00. The van der Waals surface area contributed by atoms with Gasteiger partial charge < -0.3 is 10.2 Å². The van der Waals surface area contributed by atoms with Crippen LogP contribution in [-0.4, -0.2) is 41.5 Å². The van der Waals surface area contributed by atoms with Crippen molar-refractivity contribution in [2.75, 3.05) is 26.3 Å². The van der Waals surface area contributed by atoms with Crippen LogP contribution in [0.4, 0.5) is 0 Å². The average Bonchev–Trinajstić information content (AvgIpc) is 1.97. The zero-order valence-electron chi connectivity index (χ0n) is 6.16. The molecule has 0 rings (SSSR count). The Balaban J connectivity index is 3.00. The van der Waals surface area contributed by atoms with Gasteiger partial charge in [-0.3, -0.25) is 5.84 Å². The summed E-state index contributed by atoms with van der Waals surface area (Å²) in [6, 6.07) is 0. The largest absolute Gasteiger partial charge is 0.396 e. The van der Waals surface area contributed by atoms with Gasteiger partial charge in [0.05, 0.1) is 0 Å². The summed E-state index contributed by atoms with van der Waals surface area (Å²) in [5.74, 6) is 5.46. The van der Waals surface area contributed by atoms with Crippen LogP contribution in [0.5, 0.6) is 0 Å². The summed E-state index contributed by atoms with van der Waals surface area (Å²) in [6.45, 7) is 1.73. The number of hydrogen-bond donors (Lipinski definition) is 3. The lowest BCUT2D eigenvalue weighted by Crippen LogP contribution is -2.33. The molecule has 0 unspecified atom stereocenters. The van der Waals surface area contributed by atoms with Crippen LogP contribution in [0.3, 0.4) is 0 Å². The highest BCUT2D eigenvalue weighted by Gasteiger charge is 1.95. The molecule has 0 aliphatic carbocycles. The molecule has 62 valence electrons. The lowest BCUT2D eigenvalue weighted by atomic mass is 10.4. The third-order valence-electron chi connectivity index (χ3n) is 1.21. The molecule has 0 atom stereocenters. The molecule has 0 heterocycles. The molecule has 4 heteroatoms. The Morgan fingerprint density at radius 2 is 1.40 bits per heavy atom. The smallest absolute Gasteiger partial charge is 0.0443 e. The Labute approximate surface area is 61.2 Å². The quantitative estimate of drug-likeness (QED) is 0.331. The van der Waals surface area contributed by atoms with Gasteiger partial charge in [-0.1, -0.05) is 0 Å². The van der Waals surface area contributed by atoms with E-state index in [2.05, 4.69) is 0 Å². The number of rotatable bonds is 6. The molecule has 0 saturated carbocycles. The predicted molar refractivity (Wildman–Crippen MR) is 39.2 cm³/mol. The van der Waals surface area contributed by atoms with Gasteiger partial charge in [0.1, 0.15) is 0 Å². The Bertz CT molecular complexity index is 62.8. The molecule has 0 amide bonds. The molecule has 0 aromatic carbocycles. The van der Waals surface area contributed by atoms with Crippen LogP contribution in [0.2, 0.25) is 0 Å². The third-order valence-corrected chi connectivity index (χ3v) is 1.21.